The Balaban J connectivity index is 2.34. The van der Waals surface area contributed by atoms with Crippen LogP contribution in [-0.4, -0.2) is 9.55 Å². The zero-order valence-corrected chi connectivity index (χ0v) is 10.4. The Hall–Kier alpha value is -1.75. The molecule has 0 saturated heterocycles. The van der Waals surface area contributed by atoms with Crippen molar-refractivity contribution in [2.24, 2.45) is 7.05 Å². The molecule has 1 heterocycles. The van der Waals surface area contributed by atoms with Crippen LogP contribution in [0.25, 0.3) is 0 Å². The number of aromatic nitrogens is 2. The third-order valence-electron chi connectivity index (χ3n) is 2.37. The molecule has 0 bridgehead atoms. The van der Waals surface area contributed by atoms with Crippen molar-refractivity contribution >= 4 is 11.8 Å². The molecule has 2 aromatic rings. The van der Waals surface area contributed by atoms with E-state index in [0.29, 0.717) is 5.03 Å². The summed E-state index contributed by atoms with van der Waals surface area (Å²) >= 11 is 1.36. The van der Waals surface area contributed by atoms with Crippen molar-refractivity contribution in [3.63, 3.8) is 0 Å². The molecular formula is C12H12N2O2S. The van der Waals surface area contributed by atoms with E-state index in [-0.39, 0.29) is 5.56 Å². The molecule has 0 unspecified atom stereocenters. The van der Waals surface area contributed by atoms with Gasteiger partial charge in [0, 0.05) is 18.0 Å². The first-order chi connectivity index (χ1) is 8.06. The number of nitrogens with one attached hydrogen (secondary N) is 1. The number of hydrogen-bond donors (Lipinski definition) is 1. The lowest BCUT2D eigenvalue weighted by Crippen LogP contribution is -2.31. The highest BCUT2D eigenvalue weighted by Crippen LogP contribution is 2.24. The van der Waals surface area contributed by atoms with Gasteiger partial charge in [-0.3, -0.25) is 9.36 Å². The maximum absolute atomic E-state index is 11.4. The van der Waals surface area contributed by atoms with Crippen molar-refractivity contribution in [3.05, 3.63) is 56.7 Å². The lowest BCUT2D eigenvalue weighted by molar-refractivity contribution is 0.748. The molecule has 0 atom stereocenters. The van der Waals surface area contributed by atoms with Crippen LogP contribution in [0, 0.1) is 6.92 Å². The summed E-state index contributed by atoms with van der Waals surface area (Å²) in [6.07, 6.45) is 0. The molecule has 0 aliphatic heterocycles. The van der Waals surface area contributed by atoms with E-state index in [1.54, 1.807) is 0 Å². The Kier molecular flexibility index (Phi) is 3.19. The van der Waals surface area contributed by atoms with Crippen LogP contribution in [0.2, 0.25) is 0 Å². The van der Waals surface area contributed by atoms with Gasteiger partial charge in [-0.05, 0) is 19.1 Å². The minimum absolute atomic E-state index is 0.302. The van der Waals surface area contributed by atoms with Gasteiger partial charge in [-0.25, -0.2) is 4.79 Å². The van der Waals surface area contributed by atoms with Gasteiger partial charge < -0.3 is 4.98 Å². The van der Waals surface area contributed by atoms with E-state index in [1.807, 2.05) is 31.2 Å². The number of hydrogen-bond acceptors (Lipinski definition) is 3. The summed E-state index contributed by atoms with van der Waals surface area (Å²) < 4.78 is 1.04. The van der Waals surface area contributed by atoms with Crippen LogP contribution in [0.3, 0.4) is 0 Å². The first-order valence-corrected chi connectivity index (χ1v) is 5.93. The van der Waals surface area contributed by atoms with Crippen LogP contribution >= 0.6 is 11.8 Å². The number of aryl methyl sites for hydroxylation is 1. The normalized spacial score (nSPS) is 10.5. The van der Waals surface area contributed by atoms with Gasteiger partial charge in [0.05, 0.1) is 5.03 Å². The SMILES string of the molecule is Cc1ccc(Sc2cc(=O)n(C)c(=O)[nH]2)cc1. The molecule has 88 valence electrons. The van der Waals surface area contributed by atoms with Gasteiger partial charge in [-0.2, -0.15) is 0 Å². The zero-order valence-electron chi connectivity index (χ0n) is 9.56. The third kappa shape index (κ3) is 2.68. The van der Waals surface area contributed by atoms with Crippen molar-refractivity contribution in [1.82, 2.24) is 9.55 Å². The second-order valence-corrected chi connectivity index (χ2v) is 4.87. The Morgan fingerprint density at radius 2 is 1.82 bits per heavy atom. The molecule has 5 heteroatoms. The molecular weight excluding hydrogens is 236 g/mol. The lowest BCUT2D eigenvalue weighted by Gasteiger charge is -2.02. The number of rotatable bonds is 2. The van der Waals surface area contributed by atoms with Gasteiger partial charge in [0.2, 0.25) is 0 Å². The molecule has 1 N–H and O–H groups in total. The molecule has 17 heavy (non-hydrogen) atoms. The molecule has 1 aromatic heterocycles. The molecule has 0 aliphatic rings. The Labute approximate surface area is 102 Å². The number of nitrogens with zero attached hydrogens (tertiary/aromatic N) is 1. The Bertz CT molecular complexity index is 610. The summed E-state index contributed by atoms with van der Waals surface area (Å²) in [6, 6.07) is 9.31. The largest absolute Gasteiger partial charge is 0.328 e. The molecule has 0 amide bonds. The van der Waals surface area contributed by atoms with Gasteiger partial charge in [0.1, 0.15) is 0 Å². The quantitative estimate of drug-likeness (QED) is 0.820. The highest BCUT2D eigenvalue weighted by molar-refractivity contribution is 7.99. The standard InChI is InChI=1S/C12H12N2O2S/c1-8-3-5-9(6-4-8)17-10-7-11(15)14(2)12(16)13-10/h3-7H,1-2H3,(H,13,16). The maximum Gasteiger partial charge on any atom is 0.328 e. The Morgan fingerprint density at radius 1 is 1.18 bits per heavy atom. The summed E-state index contributed by atoms with van der Waals surface area (Å²) in [5, 5.41) is 0.557. The first kappa shape index (κ1) is 11.7. The maximum atomic E-state index is 11.4. The van der Waals surface area contributed by atoms with E-state index in [1.165, 1.54) is 30.4 Å². The molecule has 0 fully saturated rings. The zero-order chi connectivity index (χ0) is 12.4. The van der Waals surface area contributed by atoms with E-state index < -0.39 is 5.69 Å². The van der Waals surface area contributed by atoms with Crippen LogP contribution in [-0.2, 0) is 7.05 Å². The summed E-state index contributed by atoms with van der Waals surface area (Å²) in [5.41, 5.74) is 0.474. The molecule has 2 rings (SSSR count). The van der Waals surface area contributed by atoms with E-state index in [4.69, 9.17) is 0 Å². The van der Waals surface area contributed by atoms with E-state index >= 15 is 0 Å². The van der Waals surface area contributed by atoms with E-state index in [9.17, 15) is 9.59 Å². The molecule has 0 saturated carbocycles. The van der Waals surface area contributed by atoms with Gasteiger partial charge >= 0.3 is 5.69 Å². The fourth-order valence-corrected chi connectivity index (χ4v) is 2.15. The molecule has 0 spiro atoms. The minimum Gasteiger partial charge on any atom is -0.301 e. The second kappa shape index (κ2) is 4.63. The third-order valence-corrected chi connectivity index (χ3v) is 3.32. The van der Waals surface area contributed by atoms with Crippen LogP contribution in [0.5, 0.6) is 0 Å². The van der Waals surface area contributed by atoms with Crippen LogP contribution in [0.15, 0.2) is 49.8 Å². The number of H-pyrrole nitrogens is 1. The fourth-order valence-electron chi connectivity index (χ4n) is 1.32. The average molecular weight is 248 g/mol. The molecule has 4 nitrogen and oxygen atoms in total. The topological polar surface area (TPSA) is 54.9 Å². The monoisotopic (exact) mass is 248 g/mol. The lowest BCUT2D eigenvalue weighted by atomic mass is 10.2. The summed E-state index contributed by atoms with van der Waals surface area (Å²) in [6.45, 7) is 2.01. The molecule has 0 aliphatic carbocycles. The van der Waals surface area contributed by atoms with Crippen LogP contribution in [0.4, 0.5) is 0 Å². The average Bonchev–Trinajstić information content (AvgIpc) is 2.29. The summed E-state index contributed by atoms with van der Waals surface area (Å²) in [5.74, 6) is 0. The van der Waals surface area contributed by atoms with Crippen LogP contribution < -0.4 is 11.2 Å². The number of benzene rings is 1. The second-order valence-electron chi connectivity index (χ2n) is 3.75. The van der Waals surface area contributed by atoms with Gasteiger partial charge in [-0.15, -0.1) is 0 Å². The minimum atomic E-state index is -0.396. The van der Waals surface area contributed by atoms with E-state index in [2.05, 4.69) is 4.98 Å². The number of aromatic amines is 1. The van der Waals surface area contributed by atoms with Gasteiger partial charge in [-0.1, -0.05) is 29.5 Å². The predicted molar refractivity (Wildman–Crippen MR) is 67.6 cm³/mol. The van der Waals surface area contributed by atoms with Crippen molar-refractivity contribution in [2.45, 2.75) is 16.8 Å². The van der Waals surface area contributed by atoms with Gasteiger partial charge in [0.15, 0.2) is 0 Å². The Morgan fingerprint density at radius 3 is 2.41 bits per heavy atom. The highest BCUT2D eigenvalue weighted by Gasteiger charge is 2.02. The first-order valence-electron chi connectivity index (χ1n) is 5.11. The van der Waals surface area contributed by atoms with Gasteiger partial charge in [0.25, 0.3) is 5.56 Å². The van der Waals surface area contributed by atoms with Crippen molar-refractivity contribution < 1.29 is 0 Å². The predicted octanol–water partition coefficient (Wildman–Crippen LogP) is 1.53. The van der Waals surface area contributed by atoms with Crippen LogP contribution in [0.1, 0.15) is 5.56 Å². The fraction of sp³-hybridized carbons (Fsp3) is 0.167. The summed E-state index contributed by atoms with van der Waals surface area (Å²) in [7, 11) is 1.45. The summed E-state index contributed by atoms with van der Waals surface area (Å²) in [4.78, 5) is 26.5. The van der Waals surface area contributed by atoms with Crippen molar-refractivity contribution in [1.29, 1.82) is 0 Å². The molecule has 1 aromatic carbocycles. The highest BCUT2D eigenvalue weighted by atomic mass is 32.2. The van der Waals surface area contributed by atoms with E-state index in [0.717, 1.165) is 9.46 Å². The molecule has 0 radical (unpaired) electrons. The smallest absolute Gasteiger partial charge is 0.301 e. The van der Waals surface area contributed by atoms with Crippen molar-refractivity contribution in [3.8, 4) is 0 Å². The van der Waals surface area contributed by atoms with Crippen molar-refractivity contribution in [2.75, 3.05) is 0 Å².